The number of amides is 1. The number of anilines is 2. The molecule has 1 aromatic heterocycles. The Kier molecular flexibility index (Phi) is 5.78. The normalized spacial score (nSPS) is 11.4. The molecule has 0 saturated carbocycles. The molecular weight excluding hydrogens is 428 g/mol. The van der Waals surface area contributed by atoms with Gasteiger partial charge in [0.25, 0.3) is 11.5 Å². The van der Waals surface area contributed by atoms with Gasteiger partial charge in [0.2, 0.25) is 10.0 Å². The Morgan fingerprint density at radius 3 is 2.37 bits per heavy atom. The van der Waals surface area contributed by atoms with Crippen LogP contribution in [0.25, 0.3) is 5.69 Å². The van der Waals surface area contributed by atoms with Gasteiger partial charge in [0, 0.05) is 14.1 Å². The fraction of sp³-hybridized carbons (Fsp3) is 0.200. The molecule has 10 heteroatoms. The minimum absolute atomic E-state index is 0.0542. The van der Waals surface area contributed by atoms with Crippen molar-refractivity contribution in [3.63, 3.8) is 0 Å². The van der Waals surface area contributed by atoms with Crippen LogP contribution in [0.4, 0.5) is 11.4 Å². The number of aromatic nitrogens is 2. The minimum atomic E-state index is -3.51. The number of carbonyl (C=O) groups is 1. The number of sulfonamides is 1. The van der Waals surface area contributed by atoms with Crippen LogP contribution in [-0.4, -0.2) is 37.0 Å². The smallest absolute Gasteiger partial charge is 0.295 e. The van der Waals surface area contributed by atoms with Crippen LogP contribution in [0.15, 0.2) is 53.3 Å². The fourth-order valence-electron chi connectivity index (χ4n) is 2.97. The maximum Gasteiger partial charge on any atom is 0.295 e. The maximum atomic E-state index is 13.0. The number of hydrogen-bond donors (Lipinski definition) is 1. The quantitative estimate of drug-likeness (QED) is 0.649. The molecule has 0 fully saturated rings. The van der Waals surface area contributed by atoms with Crippen molar-refractivity contribution >= 4 is 38.9 Å². The molecule has 0 atom stereocenters. The van der Waals surface area contributed by atoms with E-state index in [1.165, 1.54) is 29.9 Å². The second-order valence-electron chi connectivity index (χ2n) is 6.79. The molecule has 30 heavy (non-hydrogen) atoms. The maximum absolute atomic E-state index is 13.0. The molecule has 1 amide bonds. The summed E-state index contributed by atoms with van der Waals surface area (Å²) < 4.78 is 27.7. The van der Waals surface area contributed by atoms with Gasteiger partial charge in [-0.2, -0.15) is 0 Å². The summed E-state index contributed by atoms with van der Waals surface area (Å²) in [7, 11) is -0.423. The highest BCUT2D eigenvalue weighted by atomic mass is 35.5. The summed E-state index contributed by atoms with van der Waals surface area (Å²) in [5.74, 6) is -0.616. The number of rotatable bonds is 5. The third-order valence-corrected chi connectivity index (χ3v) is 6.38. The molecule has 3 aromatic rings. The molecule has 0 radical (unpaired) electrons. The molecule has 8 nitrogen and oxygen atoms in total. The summed E-state index contributed by atoms with van der Waals surface area (Å²) in [5.41, 5.74) is 1.26. The van der Waals surface area contributed by atoms with Gasteiger partial charge in [-0.15, -0.1) is 0 Å². The summed E-state index contributed by atoms with van der Waals surface area (Å²) in [5, 5.41) is 2.76. The Balaban J connectivity index is 2.01. The molecular formula is C20H21ClN4O4S. The lowest BCUT2D eigenvalue weighted by Crippen LogP contribution is -2.26. The molecule has 2 aromatic carbocycles. The Hall–Kier alpha value is -3.04. The molecule has 1 heterocycles. The molecule has 0 aliphatic rings. The van der Waals surface area contributed by atoms with E-state index in [1.54, 1.807) is 30.8 Å². The third-order valence-electron chi connectivity index (χ3n) is 4.85. The third kappa shape index (κ3) is 3.99. The van der Waals surface area contributed by atoms with Crippen molar-refractivity contribution in [2.75, 3.05) is 22.9 Å². The summed E-state index contributed by atoms with van der Waals surface area (Å²) in [6.45, 7) is 1.71. The van der Waals surface area contributed by atoms with Crippen LogP contribution >= 0.6 is 11.6 Å². The van der Waals surface area contributed by atoms with Gasteiger partial charge in [0.05, 0.1) is 33.9 Å². The lowest BCUT2D eigenvalue weighted by Gasteiger charge is -2.17. The van der Waals surface area contributed by atoms with Gasteiger partial charge < -0.3 is 5.32 Å². The Morgan fingerprint density at radius 2 is 1.77 bits per heavy atom. The van der Waals surface area contributed by atoms with Crippen molar-refractivity contribution in [1.82, 2.24) is 9.36 Å². The van der Waals surface area contributed by atoms with Crippen LogP contribution in [0, 0.1) is 6.92 Å². The van der Waals surface area contributed by atoms with Crippen LogP contribution in [0.3, 0.4) is 0 Å². The van der Waals surface area contributed by atoms with Gasteiger partial charge >= 0.3 is 0 Å². The Morgan fingerprint density at radius 1 is 1.13 bits per heavy atom. The van der Waals surface area contributed by atoms with E-state index in [-0.39, 0.29) is 22.0 Å². The minimum Gasteiger partial charge on any atom is -0.316 e. The highest BCUT2D eigenvalue weighted by molar-refractivity contribution is 7.92. The number of benzene rings is 2. The molecule has 0 spiro atoms. The number of carbonyl (C=O) groups excluding carboxylic acids is 1. The van der Waals surface area contributed by atoms with E-state index in [9.17, 15) is 18.0 Å². The van der Waals surface area contributed by atoms with E-state index in [1.807, 2.05) is 18.2 Å². The summed E-state index contributed by atoms with van der Waals surface area (Å²) in [4.78, 5) is 25.9. The topological polar surface area (TPSA) is 93.4 Å². The first-order valence-corrected chi connectivity index (χ1v) is 11.1. The summed E-state index contributed by atoms with van der Waals surface area (Å²) >= 11 is 6.17. The van der Waals surface area contributed by atoms with Gasteiger partial charge in [0.15, 0.2) is 0 Å². The van der Waals surface area contributed by atoms with Crippen LogP contribution in [0.2, 0.25) is 5.02 Å². The van der Waals surface area contributed by atoms with Crippen molar-refractivity contribution < 1.29 is 13.2 Å². The molecule has 0 saturated heterocycles. The average molecular weight is 449 g/mol. The molecule has 158 valence electrons. The zero-order valence-corrected chi connectivity index (χ0v) is 18.5. The Bertz CT molecular complexity index is 1280. The molecule has 3 rings (SSSR count). The van der Waals surface area contributed by atoms with Crippen LogP contribution in [0.5, 0.6) is 0 Å². The molecule has 0 aliphatic carbocycles. The van der Waals surface area contributed by atoms with E-state index < -0.39 is 21.5 Å². The standard InChI is InChI=1S/C20H21ClN4O4S/c1-13-18(20(27)25(23(13)2)14-8-6-5-7-9-14)22-19(26)16-12-15(10-11-17(16)21)24(3)30(4,28)29/h5-12H,1-4H3,(H,22,26). The molecule has 1 N–H and O–H groups in total. The zero-order valence-electron chi connectivity index (χ0n) is 16.9. The summed E-state index contributed by atoms with van der Waals surface area (Å²) in [6, 6.07) is 13.3. The van der Waals surface area contributed by atoms with E-state index >= 15 is 0 Å². The first kappa shape index (κ1) is 21.7. The SMILES string of the molecule is Cc1c(NC(=O)c2cc(N(C)S(C)(=O)=O)ccc2Cl)c(=O)n(-c2ccccc2)n1C. The lowest BCUT2D eigenvalue weighted by atomic mass is 10.2. The van der Waals surface area contributed by atoms with E-state index in [0.717, 1.165) is 10.6 Å². The van der Waals surface area contributed by atoms with Gasteiger partial charge in [-0.1, -0.05) is 29.8 Å². The predicted octanol–water partition coefficient (Wildman–Crippen LogP) is 2.79. The average Bonchev–Trinajstić information content (AvgIpc) is 2.91. The van der Waals surface area contributed by atoms with E-state index in [2.05, 4.69) is 5.32 Å². The van der Waals surface area contributed by atoms with Crippen molar-refractivity contribution in [3.05, 3.63) is 75.2 Å². The van der Waals surface area contributed by atoms with Crippen molar-refractivity contribution in [3.8, 4) is 5.69 Å². The first-order chi connectivity index (χ1) is 14.0. The Labute approximate surface area is 179 Å². The van der Waals surface area contributed by atoms with Gasteiger partial charge in [-0.3, -0.25) is 18.6 Å². The zero-order chi connectivity index (χ0) is 22.2. The van der Waals surface area contributed by atoms with Crippen LogP contribution < -0.4 is 15.2 Å². The highest BCUT2D eigenvalue weighted by Gasteiger charge is 2.21. The highest BCUT2D eigenvalue weighted by Crippen LogP contribution is 2.25. The van der Waals surface area contributed by atoms with Gasteiger partial charge in [-0.05, 0) is 37.3 Å². The van der Waals surface area contributed by atoms with Crippen molar-refractivity contribution in [2.24, 2.45) is 7.05 Å². The van der Waals surface area contributed by atoms with Gasteiger partial charge in [-0.25, -0.2) is 13.1 Å². The number of nitrogens with zero attached hydrogens (tertiary/aromatic N) is 3. The van der Waals surface area contributed by atoms with Crippen LogP contribution in [-0.2, 0) is 17.1 Å². The van der Waals surface area contributed by atoms with E-state index in [4.69, 9.17) is 11.6 Å². The second kappa shape index (κ2) is 8.00. The first-order valence-electron chi connectivity index (χ1n) is 8.91. The largest absolute Gasteiger partial charge is 0.316 e. The van der Waals surface area contributed by atoms with E-state index in [0.29, 0.717) is 11.4 Å². The van der Waals surface area contributed by atoms with Crippen molar-refractivity contribution in [1.29, 1.82) is 0 Å². The number of para-hydroxylation sites is 1. The number of nitrogens with one attached hydrogen (secondary N) is 1. The number of halogens is 1. The predicted molar refractivity (Wildman–Crippen MR) is 118 cm³/mol. The lowest BCUT2D eigenvalue weighted by molar-refractivity contribution is 0.102. The molecule has 0 unspecified atom stereocenters. The van der Waals surface area contributed by atoms with Crippen molar-refractivity contribution in [2.45, 2.75) is 6.92 Å². The summed E-state index contributed by atoms with van der Waals surface area (Å²) in [6.07, 6.45) is 1.06. The fourth-order valence-corrected chi connectivity index (χ4v) is 3.67. The molecule has 0 aliphatic heterocycles. The monoisotopic (exact) mass is 448 g/mol. The number of hydrogen-bond acceptors (Lipinski definition) is 4. The van der Waals surface area contributed by atoms with Crippen LogP contribution in [0.1, 0.15) is 16.1 Å². The van der Waals surface area contributed by atoms with Gasteiger partial charge in [0.1, 0.15) is 5.69 Å². The second-order valence-corrected chi connectivity index (χ2v) is 9.21. The molecule has 0 bridgehead atoms.